The van der Waals surface area contributed by atoms with Crippen LogP contribution in [0.1, 0.15) is 32.3 Å². The molecule has 3 N–H and O–H groups in total. The van der Waals surface area contributed by atoms with Gasteiger partial charge in [0.2, 0.25) is 5.91 Å². The van der Waals surface area contributed by atoms with E-state index in [1.54, 1.807) is 0 Å². The average Bonchev–Trinajstić information content (AvgIpc) is 2.38. The molecule has 0 unspecified atom stereocenters. The Morgan fingerprint density at radius 2 is 2.21 bits per heavy atom. The Morgan fingerprint density at radius 1 is 1.42 bits per heavy atom. The summed E-state index contributed by atoms with van der Waals surface area (Å²) < 4.78 is 5.34. The lowest BCUT2D eigenvalue weighted by atomic mass is 10.1. The normalized spacial score (nSPS) is 10.7. The first kappa shape index (κ1) is 15.7. The van der Waals surface area contributed by atoms with Gasteiger partial charge in [-0.1, -0.05) is 26.0 Å². The zero-order chi connectivity index (χ0) is 14.1. The minimum Gasteiger partial charge on any atom is -0.372 e. The molecule has 0 heterocycles. The first-order chi connectivity index (χ1) is 9.11. The zero-order valence-electron chi connectivity index (χ0n) is 11.8. The number of hydrogen-bond donors (Lipinski definition) is 2. The number of nitrogens with two attached hydrogens (primary N) is 1. The van der Waals surface area contributed by atoms with E-state index in [0.29, 0.717) is 19.1 Å². The molecule has 0 aliphatic rings. The quantitative estimate of drug-likeness (QED) is 0.709. The first-order valence-corrected chi connectivity index (χ1v) is 6.78. The van der Waals surface area contributed by atoms with Crippen LogP contribution in [0.25, 0.3) is 0 Å². The van der Waals surface area contributed by atoms with Crippen molar-refractivity contribution in [1.29, 1.82) is 0 Å². The minimum absolute atomic E-state index is 0.102. The average molecular weight is 264 g/mol. The van der Waals surface area contributed by atoms with Crippen LogP contribution in [0.3, 0.4) is 0 Å². The molecule has 0 aromatic heterocycles. The molecular weight excluding hydrogens is 240 g/mol. The highest BCUT2D eigenvalue weighted by atomic mass is 16.5. The zero-order valence-corrected chi connectivity index (χ0v) is 11.8. The molecule has 0 radical (unpaired) electrons. The van der Waals surface area contributed by atoms with E-state index >= 15 is 0 Å². The number of hydrogen-bond acceptors (Lipinski definition) is 3. The Labute approximate surface area is 115 Å². The predicted octanol–water partition coefficient (Wildman–Crippen LogP) is 2.54. The minimum atomic E-state index is -0.126. The van der Waals surface area contributed by atoms with Crippen LogP contribution < -0.4 is 11.1 Å². The second-order valence-corrected chi connectivity index (χ2v) is 5.04. The van der Waals surface area contributed by atoms with Crippen molar-refractivity contribution in [3.8, 4) is 0 Å². The van der Waals surface area contributed by atoms with E-state index in [0.717, 1.165) is 24.1 Å². The van der Waals surface area contributed by atoms with Crippen LogP contribution in [0.2, 0.25) is 0 Å². The topological polar surface area (TPSA) is 64.3 Å². The van der Waals surface area contributed by atoms with E-state index in [-0.39, 0.29) is 12.5 Å². The smallest absolute Gasteiger partial charge is 0.250 e. The van der Waals surface area contributed by atoms with Gasteiger partial charge in [-0.25, -0.2) is 0 Å². The van der Waals surface area contributed by atoms with E-state index in [1.807, 2.05) is 24.3 Å². The summed E-state index contributed by atoms with van der Waals surface area (Å²) in [6, 6.07) is 7.52. The Morgan fingerprint density at radius 3 is 2.89 bits per heavy atom. The summed E-state index contributed by atoms with van der Waals surface area (Å²) in [6.07, 6.45) is 2.12. The van der Waals surface area contributed by atoms with Crippen LogP contribution >= 0.6 is 0 Å². The number of nitrogens with one attached hydrogen (secondary N) is 1. The molecule has 0 aliphatic heterocycles. The van der Waals surface area contributed by atoms with Crippen molar-refractivity contribution in [2.45, 2.75) is 33.2 Å². The van der Waals surface area contributed by atoms with Crippen LogP contribution in [0.15, 0.2) is 24.3 Å². The van der Waals surface area contributed by atoms with Gasteiger partial charge in [0.15, 0.2) is 0 Å². The van der Waals surface area contributed by atoms with Gasteiger partial charge in [0.25, 0.3) is 0 Å². The molecule has 0 spiro atoms. The van der Waals surface area contributed by atoms with E-state index in [4.69, 9.17) is 10.5 Å². The molecule has 4 heteroatoms. The molecule has 106 valence electrons. The number of carbonyl (C=O) groups is 1. The number of amides is 1. The Kier molecular flexibility index (Phi) is 7.15. The Hall–Kier alpha value is -1.39. The van der Waals surface area contributed by atoms with Gasteiger partial charge < -0.3 is 15.8 Å². The predicted molar refractivity (Wildman–Crippen MR) is 77.9 cm³/mol. The molecule has 0 bridgehead atoms. The maximum absolute atomic E-state index is 11.6. The van der Waals surface area contributed by atoms with Crippen LogP contribution in [0.5, 0.6) is 0 Å². The van der Waals surface area contributed by atoms with Crippen molar-refractivity contribution in [3.63, 3.8) is 0 Å². The lowest BCUT2D eigenvalue weighted by Crippen LogP contribution is -2.18. The SMILES string of the molecule is CC(C)CCCOCC(=O)Nc1cccc(CN)c1. The van der Waals surface area contributed by atoms with Crippen molar-refractivity contribution < 1.29 is 9.53 Å². The standard InChI is InChI=1S/C15H24N2O2/c1-12(2)5-4-8-19-11-15(18)17-14-7-3-6-13(9-14)10-16/h3,6-7,9,12H,4-5,8,10-11,16H2,1-2H3,(H,17,18). The van der Waals surface area contributed by atoms with Gasteiger partial charge in [0.05, 0.1) is 0 Å². The van der Waals surface area contributed by atoms with Gasteiger partial charge >= 0.3 is 0 Å². The maximum Gasteiger partial charge on any atom is 0.250 e. The number of rotatable bonds is 8. The Bertz CT molecular complexity index is 391. The number of benzene rings is 1. The Balaban J connectivity index is 2.23. The van der Waals surface area contributed by atoms with Crippen LogP contribution in [-0.2, 0) is 16.1 Å². The highest BCUT2D eigenvalue weighted by molar-refractivity contribution is 5.91. The molecule has 0 aliphatic carbocycles. The van der Waals surface area contributed by atoms with Crippen molar-refractivity contribution >= 4 is 11.6 Å². The lowest BCUT2D eigenvalue weighted by Gasteiger charge is -2.08. The number of carbonyl (C=O) groups excluding carboxylic acids is 1. The molecule has 0 saturated carbocycles. The fourth-order valence-electron chi connectivity index (χ4n) is 1.73. The third kappa shape index (κ3) is 6.94. The summed E-state index contributed by atoms with van der Waals surface area (Å²) in [4.78, 5) is 11.6. The van der Waals surface area contributed by atoms with Gasteiger partial charge in [-0.05, 0) is 36.5 Å². The van der Waals surface area contributed by atoms with Gasteiger partial charge in [0, 0.05) is 18.8 Å². The highest BCUT2D eigenvalue weighted by Crippen LogP contribution is 2.10. The van der Waals surface area contributed by atoms with Crippen molar-refractivity contribution in [1.82, 2.24) is 0 Å². The third-order valence-corrected chi connectivity index (χ3v) is 2.75. The van der Waals surface area contributed by atoms with Gasteiger partial charge in [-0.3, -0.25) is 4.79 Å². The van der Waals surface area contributed by atoms with Crippen molar-refractivity contribution in [2.24, 2.45) is 11.7 Å². The first-order valence-electron chi connectivity index (χ1n) is 6.78. The summed E-state index contributed by atoms with van der Waals surface area (Å²) in [5.74, 6) is 0.551. The molecular formula is C15H24N2O2. The van der Waals surface area contributed by atoms with E-state index in [2.05, 4.69) is 19.2 Å². The number of anilines is 1. The lowest BCUT2D eigenvalue weighted by molar-refractivity contribution is -0.120. The fraction of sp³-hybridized carbons (Fsp3) is 0.533. The fourth-order valence-corrected chi connectivity index (χ4v) is 1.73. The van der Waals surface area contributed by atoms with Crippen LogP contribution in [-0.4, -0.2) is 19.1 Å². The van der Waals surface area contributed by atoms with Crippen molar-refractivity contribution in [2.75, 3.05) is 18.5 Å². The largest absolute Gasteiger partial charge is 0.372 e. The number of ether oxygens (including phenoxy) is 1. The molecule has 1 aromatic rings. The molecule has 4 nitrogen and oxygen atoms in total. The monoisotopic (exact) mass is 264 g/mol. The third-order valence-electron chi connectivity index (χ3n) is 2.75. The van der Waals surface area contributed by atoms with Crippen molar-refractivity contribution in [3.05, 3.63) is 29.8 Å². The highest BCUT2D eigenvalue weighted by Gasteiger charge is 2.03. The molecule has 0 atom stereocenters. The summed E-state index contributed by atoms with van der Waals surface area (Å²) in [5, 5.41) is 2.80. The molecule has 1 rings (SSSR count). The van der Waals surface area contributed by atoms with Gasteiger partial charge in [-0.2, -0.15) is 0 Å². The molecule has 0 saturated heterocycles. The second kappa shape index (κ2) is 8.67. The van der Waals surface area contributed by atoms with E-state index < -0.39 is 0 Å². The summed E-state index contributed by atoms with van der Waals surface area (Å²) in [5.41, 5.74) is 7.31. The molecule has 1 aromatic carbocycles. The maximum atomic E-state index is 11.6. The van der Waals surface area contributed by atoms with Gasteiger partial charge in [-0.15, -0.1) is 0 Å². The summed E-state index contributed by atoms with van der Waals surface area (Å²) in [6.45, 7) is 5.56. The second-order valence-electron chi connectivity index (χ2n) is 5.04. The summed E-state index contributed by atoms with van der Waals surface area (Å²) >= 11 is 0. The van der Waals surface area contributed by atoms with Gasteiger partial charge in [0.1, 0.15) is 6.61 Å². The van der Waals surface area contributed by atoms with E-state index in [1.165, 1.54) is 0 Å². The molecule has 19 heavy (non-hydrogen) atoms. The van der Waals surface area contributed by atoms with Crippen LogP contribution in [0.4, 0.5) is 5.69 Å². The summed E-state index contributed by atoms with van der Waals surface area (Å²) in [7, 11) is 0. The van der Waals surface area contributed by atoms with E-state index in [9.17, 15) is 4.79 Å². The molecule has 1 amide bonds. The van der Waals surface area contributed by atoms with Crippen LogP contribution in [0, 0.1) is 5.92 Å². The molecule has 0 fully saturated rings.